The van der Waals surface area contributed by atoms with Gasteiger partial charge in [-0.05, 0) is 18.4 Å². The highest BCUT2D eigenvalue weighted by Crippen LogP contribution is 2.17. The van der Waals surface area contributed by atoms with E-state index < -0.39 is 4.92 Å². The highest BCUT2D eigenvalue weighted by Gasteiger charge is 2.03. The van der Waals surface area contributed by atoms with Crippen LogP contribution in [0, 0.1) is 10.1 Å². The van der Waals surface area contributed by atoms with Crippen molar-refractivity contribution in [1.29, 1.82) is 0 Å². The van der Waals surface area contributed by atoms with Crippen LogP contribution in [0.5, 0.6) is 5.75 Å². The van der Waals surface area contributed by atoms with Crippen LogP contribution >= 0.6 is 11.8 Å². The van der Waals surface area contributed by atoms with Crippen molar-refractivity contribution in [3.8, 4) is 5.75 Å². The van der Waals surface area contributed by atoms with E-state index in [0.717, 1.165) is 0 Å². The van der Waals surface area contributed by atoms with Gasteiger partial charge in [0.2, 0.25) is 0 Å². The summed E-state index contributed by atoms with van der Waals surface area (Å²) < 4.78 is 5.23. The third kappa shape index (κ3) is 2.95. The second-order valence-electron chi connectivity index (χ2n) is 2.30. The first kappa shape index (κ1) is 9.85. The third-order valence-corrected chi connectivity index (χ3v) is 1.74. The van der Waals surface area contributed by atoms with Gasteiger partial charge in [-0.3, -0.25) is 10.1 Å². The van der Waals surface area contributed by atoms with E-state index in [2.05, 4.69) is 0 Å². The predicted octanol–water partition coefficient (Wildman–Crippen LogP) is 2.29. The minimum Gasteiger partial charge on any atom is -0.483 e. The molecule has 0 aliphatic heterocycles. The molecule has 70 valence electrons. The summed E-state index contributed by atoms with van der Waals surface area (Å²) in [5.41, 5.74) is 0.0801. The summed E-state index contributed by atoms with van der Waals surface area (Å²) in [7, 11) is 0. The summed E-state index contributed by atoms with van der Waals surface area (Å²) in [5.74, 6) is 1.21. The number of nitrogens with zero attached hydrogens (tertiary/aromatic N) is 1. The molecule has 0 heterocycles. The number of hydrogen-bond donors (Lipinski definition) is 0. The molecule has 0 aliphatic carbocycles. The van der Waals surface area contributed by atoms with Gasteiger partial charge in [-0.2, -0.15) is 0 Å². The van der Waals surface area contributed by atoms with Crippen LogP contribution in [0.4, 0.5) is 5.69 Å². The van der Waals surface area contributed by atoms with E-state index in [0.29, 0.717) is 11.7 Å². The van der Waals surface area contributed by atoms with Crippen molar-refractivity contribution in [3.05, 3.63) is 34.4 Å². The maximum Gasteiger partial charge on any atom is 0.269 e. The number of thioether (sulfide) groups is 1. The normalized spacial score (nSPS) is 9.62. The maximum atomic E-state index is 10.3. The molecule has 13 heavy (non-hydrogen) atoms. The lowest BCUT2D eigenvalue weighted by atomic mass is 10.3. The number of hydrogen-bond acceptors (Lipinski definition) is 4. The Bertz CT molecular complexity index is 286. The third-order valence-electron chi connectivity index (χ3n) is 1.39. The monoisotopic (exact) mass is 199 g/mol. The summed E-state index contributed by atoms with van der Waals surface area (Å²) in [4.78, 5) is 9.85. The Kier molecular flexibility index (Phi) is 3.57. The standard InChI is InChI=1S/C8H9NO3S/c1-13-6-12-8-4-2-7(3-5-8)9(10)11/h2-5H,6H2,1H3. The lowest BCUT2D eigenvalue weighted by molar-refractivity contribution is -0.384. The maximum absolute atomic E-state index is 10.3. The Hall–Kier alpha value is -1.23. The molecule has 0 amide bonds. The van der Waals surface area contributed by atoms with Gasteiger partial charge >= 0.3 is 0 Å². The summed E-state index contributed by atoms with van der Waals surface area (Å²) >= 11 is 1.55. The van der Waals surface area contributed by atoms with Gasteiger partial charge in [0.05, 0.1) is 4.92 Å². The van der Waals surface area contributed by atoms with Crippen LogP contribution in [0.3, 0.4) is 0 Å². The summed E-state index contributed by atoms with van der Waals surface area (Å²) in [6.07, 6.45) is 1.92. The van der Waals surface area contributed by atoms with Gasteiger partial charge in [0.25, 0.3) is 5.69 Å². The fraction of sp³-hybridized carbons (Fsp3) is 0.250. The summed E-state index contributed by atoms with van der Waals surface area (Å²) in [6.45, 7) is 0. The molecular weight excluding hydrogens is 190 g/mol. The fourth-order valence-electron chi connectivity index (χ4n) is 0.791. The SMILES string of the molecule is CSCOc1ccc([N+](=O)[O-])cc1. The second-order valence-corrected chi connectivity index (χ2v) is 3.11. The Balaban J connectivity index is 2.64. The minimum absolute atomic E-state index is 0.0801. The lowest BCUT2D eigenvalue weighted by Gasteiger charge is -2.02. The van der Waals surface area contributed by atoms with Crippen LogP contribution in [0.25, 0.3) is 0 Å². The molecule has 0 saturated carbocycles. The van der Waals surface area contributed by atoms with Crippen LogP contribution in [0.15, 0.2) is 24.3 Å². The molecule has 1 aromatic rings. The molecule has 0 radical (unpaired) electrons. The Morgan fingerprint density at radius 3 is 2.54 bits per heavy atom. The van der Waals surface area contributed by atoms with E-state index >= 15 is 0 Å². The first-order valence-electron chi connectivity index (χ1n) is 3.60. The van der Waals surface area contributed by atoms with E-state index in [4.69, 9.17) is 4.74 Å². The van der Waals surface area contributed by atoms with Crippen LogP contribution in [0.1, 0.15) is 0 Å². The van der Waals surface area contributed by atoms with Gasteiger partial charge in [-0.25, -0.2) is 0 Å². The van der Waals surface area contributed by atoms with Crippen molar-refractivity contribution in [2.24, 2.45) is 0 Å². The Labute approximate surface area is 80.1 Å². The minimum atomic E-state index is -0.432. The van der Waals surface area contributed by atoms with E-state index in [1.165, 1.54) is 12.1 Å². The van der Waals surface area contributed by atoms with Crippen molar-refractivity contribution < 1.29 is 9.66 Å². The average Bonchev–Trinajstić information content (AvgIpc) is 2.15. The predicted molar refractivity (Wildman–Crippen MR) is 52.1 cm³/mol. The van der Waals surface area contributed by atoms with Crippen LogP contribution in [-0.2, 0) is 0 Å². The smallest absolute Gasteiger partial charge is 0.269 e. The molecule has 0 spiro atoms. The second kappa shape index (κ2) is 4.71. The zero-order chi connectivity index (χ0) is 9.68. The van der Waals surface area contributed by atoms with Crippen molar-refractivity contribution >= 4 is 17.4 Å². The summed E-state index contributed by atoms with van der Waals surface area (Å²) in [5, 5.41) is 10.3. The van der Waals surface area contributed by atoms with E-state index in [9.17, 15) is 10.1 Å². The molecule has 4 nitrogen and oxygen atoms in total. The highest BCUT2D eigenvalue weighted by atomic mass is 32.2. The summed E-state index contributed by atoms with van der Waals surface area (Å²) in [6, 6.07) is 6.04. The van der Waals surface area contributed by atoms with Crippen LogP contribution < -0.4 is 4.74 Å². The van der Waals surface area contributed by atoms with Gasteiger partial charge in [0.15, 0.2) is 0 Å². The molecular formula is C8H9NO3S. The molecule has 0 N–H and O–H groups in total. The van der Waals surface area contributed by atoms with Gasteiger partial charge in [0, 0.05) is 12.1 Å². The van der Waals surface area contributed by atoms with Gasteiger partial charge < -0.3 is 4.74 Å². The number of nitro groups is 1. The molecule has 0 saturated heterocycles. The molecule has 0 fully saturated rings. The molecule has 0 bridgehead atoms. The quantitative estimate of drug-likeness (QED) is 0.424. The Morgan fingerprint density at radius 1 is 1.46 bits per heavy atom. The fourth-order valence-corrected chi connectivity index (χ4v) is 1.04. The zero-order valence-electron chi connectivity index (χ0n) is 7.10. The van der Waals surface area contributed by atoms with Gasteiger partial charge in [-0.1, -0.05) is 0 Å². The Morgan fingerprint density at radius 2 is 2.08 bits per heavy atom. The molecule has 0 unspecified atom stereocenters. The molecule has 0 atom stereocenters. The average molecular weight is 199 g/mol. The van der Waals surface area contributed by atoms with Crippen molar-refractivity contribution in [2.45, 2.75) is 0 Å². The highest BCUT2D eigenvalue weighted by molar-refractivity contribution is 7.98. The molecule has 5 heteroatoms. The first-order chi connectivity index (χ1) is 6.24. The number of nitro benzene ring substituents is 1. The zero-order valence-corrected chi connectivity index (χ0v) is 7.91. The largest absolute Gasteiger partial charge is 0.483 e. The molecule has 1 aromatic carbocycles. The van der Waals surface area contributed by atoms with Crippen molar-refractivity contribution in [1.82, 2.24) is 0 Å². The van der Waals surface area contributed by atoms with Crippen LogP contribution in [-0.4, -0.2) is 17.1 Å². The lowest BCUT2D eigenvalue weighted by Crippen LogP contribution is -1.92. The van der Waals surface area contributed by atoms with Gasteiger partial charge in [0.1, 0.15) is 11.7 Å². The van der Waals surface area contributed by atoms with E-state index in [1.54, 1.807) is 23.9 Å². The number of benzene rings is 1. The molecule has 1 rings (SSSR count). The number of rotatable bonds is 4. The number of ether oxygens (including phenoxy) is 1. The van der Waals surface area contributed by atoms with E-state index in [1.807, 2.05) is 6.26 Å². The number of non-ortho nitro benzene ring substituents is 1. The molecule has 0 aromatic heterocycles. The van der Waals surface area contributed by atoms with Gasteiger partial charge in [-0.15, -0.1) is 11.8 Å². The topological polar surface area (TPSA) is 52.4 Å². The van der Waals surface area contributed by atoms with Crippen molar-refractivity contribution in [3.63, 3.8) is 0 Å². The van der Waals surface area contributed by atoms with E-state index in [-0.39, 0.29) is 5.69 Å². The van der Waals surface area contributed by atoms with Crippen LogP contribution in [0.2, 0.25) is 0 Å². The van der Waals surface area contributed by atoms with Crippen molar-refractivity contribution in [2.75, 3.05) is 12.2 Å². The molecule has 0 aliphatic rings. The first-order valence-corrected chi connectivity index (χ1v) is 4.99.